The molecule has 21 heavy (non-hydrogen) atoms. The Labute approximate surface area is 120 Å². The third-order valence-electron chi connectivity index (χ3n) is 3.64. The van der Waals surface area contributed by atoms with Crippen LogP contribution >= 0.6 is 0 Å². The van der Waals surface area contributed by atoms with E-state index in [1.807, 2.05) is 0 Å². The molecule has 1 aliphatic heterocycles. The zero-order valence-electron chi connectivity index (χ0n) is 11.7. The van der Waals surface area contributed by atoms with E-state index in [1.165, 1.54) is 6.20 Å². The Morgan fingerprint density at radius 1 is 1.52 bits per heavy atom. The van der Waals surface area contributed by atoms with E-state index in [-0.39, 0.29) is 11.5 Å². The number of hydrogen-bond donors (Lipinski definition) is 2. The van der Waals surface area contributed by atoms with E-state index in [4.69, 9.17) is 5.73 Å². The van der Waals surface area contributed by atoms with Gasteiger partial charge in [-0.05, 0) is 18.6 Å². The summed E-state index contributed by atoms with van der Waals surface area (Å²) < 4.78 is 13.2. The first-order valence-corrected chi connectivity index (χ1v) is 6.74. The zero-order chi connectivity index (χ0) is 15.0. The molecule has 0 unspecified atom stereocenters. The van der Waals surface area contributed by atoms with E-state index >= 15 is 0 Å². The number of aryl methyl sites for hydroxylation is 1. The first-order chi connectivity index (χ1) is 10.0. The molecular formula is C14H16FN5O. The lowest BCUT2D eigenvalue weighted by Gasteiger charge is -2.27. The van der Waals surface area contributed by atoms with Gasteiger partial charge in [0.25, 0.3) is 5.56 Å². The maximum absolute atomic E-state index is 13.2. The number of anilines is 1. The predicted molar refractivity (Wildman–Crippen MR) is 76.0 cm³/mol. The third-order valence-corrected chi connectivity index (χ3v) is 3.64. The summed E-state index contributed by atoms with van der Waals surface area (Å²) in [7, 11) is 0. The minimum atomic E-state index is -0.446. The molecule has 0 saturated heterocycles. The molecule has 0 bridgehead atoms. The Kier molecular flexibility index (Phi) is 3.42. The van der Waals surface area contributed by atoms with Gasteiger partial charge in [-0.2, -0.15) is 4.39 Å². The Morgan fingerprint density at radius 3 is 3.10 bits per heavy atom. The zero-order valence-corrected chi connectivity index (χ0v) is 11.7. The molecule has 0 aliphatic carbocycles. The highest BCUT2D eigenvalue weighted by Gasteiger charge is 2.21. The van der Waals surface area contributed by atoms with Crippen LogP contribution < -0.4 is 11.3 Å². The van der Waals surface area contributed by atoms with Gasteiger partial charge in [0, 0.05) is 37.8 Å². The number of aromatic amines is 1. The molecule has 0 radical (unpaired) electrons. The monoisotopic (exact) mass is 289 g/mol. The standard InChI is InChI=1S/C14H16FN5O/c1-8-4-9(5-17-12(8)15)6-20-3-2-11-10(7-20)13(21)19-14(16)18-11/h4-5H,2-3,6-7H2,1H3,(H3,16,18,19,21). The van der Waals surface area contributed by atoms with E-state index in [2.05, 4.69) is 19.9 Å². The highest BCUT2D eigenvalue weighted by Crippen LogP contribution is 2.17. The molecule has 0 aromatic carbocycles. The normalized spacial score (nSPS) is 15.0. The van der Waals surface area contributed by atoms with Gasteiger partial charge in [-0.25, -0.2) is 9.97 Å². The summed E-state index contributed by atoms with van der Waals surface area (Å²) in [4.78, 5) is 24.5. The highest BCUT2D eigenvalue weighted by atomic mass is 19.1. The smallest absolute Gasteiger partial charge is 0.257 e. The Hall–Kier alpha value is -2.28. The highest BCUT2D eigenvalue weighted by molar-refractivity contribution is 5.27. The summed E-state index contributed by atoms with van der Waals surface area (Å²) in [6.45, 7) is 3.60. The second-order valence-corrected chi connectivity index (χ2v) is 5.29. The summed E-state index contributed by atoms with van der Waals surface area (Å²) in [6, 6.07) is 1.78. The fourth-order valence-electron chi connectivity index (χ4n) is 2.60. The maximum atomic E-state index is 13.2. The van der Waals surface area contributed by atoms with E-state index < -0.39 is 5.95 Å². The van der Waals surface area contributed by atoms with Gasteiger partial charge in [0.1, 0.15) is 0 Å². The molecule has 0 amide bonds. The molecule has 7 heteroatoms. The molecule has 2 aromatic rings. The van der Waals surface area contributed by atoms with Crippen LogP contribution in [-0.2, 0) is 19.5 Å². The van der Waals surface area contributed by atoms with Crippen molar-refractivity contribution in [2.45, 2.75) is 26.4 Å². The van der Waals surface area contributed by atoms with Crippen molar-refractivity contribution in [2.24, 2.45) is 0 Å². The maximum Gasteiger partial charge on any atom is 0.257 e. The van der Waals surface area contributed by atoms with Crippen LogP contribution in [-0.4, -0.2) is 26.4 Å². The lowest BCUT2D eigenvalue weighted by Crippen LogP contribution is -2.35. The van der Waals surface area contributed by atoms with Crippen molar-refractivity contribution < 1.29 is 4.39 Å². The number of pyridine rings is 1. The van der Waals surface area contributed by atoms with Gasteiger partial charge < -0.3 is 5.73 Å². The molecule has 6 nitrogen and oxygen atoms in total. The van der Waals surface area contributed by atoms with Crippen molar-refractivity contribution in [1.82, 2.24) is 19.9 Å². The predicted octanol–water partition coefficient (Wildman–Crippen LogP) is 0.753. The molecule has 2 aromatic heterocycles. The van der Waals surface area contributed by atoms with Crippen LogP contribution in [0.1, 0.15) is 22.4 Å². The molecule has 0 atom stereocenters. The fraction of sp³-hybridized carbons (Fsp3) is 0.357. The van der Waals surface area contributed by atoms with Gasteiger partial charge in [-0.15, -0.1) is 0 Å². The van der Waals surface area contributed by atoms with Crippen LogP contribution in [0.5, 0.6) is 0 Å². The van der Waals surface area contributed by atoms with E-state index in [1.54, 1.807) is 13.0 Å². The van der Waals surface area contributed by atoms with Crippen LogP contribution in [0.2, 0.25) is 0 Å². The molecule has 0 fully saturated rings. The summed E-state index contributed by atoms with van der Waals surface area (Å²) in [5, 5.41) is 0. The Balaban J connectivity index is 1.80. The van der Waals surface area contributed by atoms with Crippen molar-refractivity contribution in [3.05, 3.63) is 50.9 Å². The summed E-state index contributed by atoms with van der Waals surface area (Å²) in [6.07, 6.45) is 2.21. The molecular weight excluding hydrogens is 273 g/mol. The quantitative estimate of drug-likeness (QED) is 0.797. The van der Waals surface area contributed by atoms with Gasteiger partial charge in [0.05, 0.1) is 11.3 Å². The van der Waals surface area contributed by atoms with E-state index in [9.17, 15) is 9.18 Å². The number of aromatic nitrogens is 3. The second-order valence-electron chi connectivity index (χ2n) is 5.29. The van der Waals surface area contributed by atoms with Gasteiger partial charge in [-0.1, -0.05) is 0 Å². The summed E-state index contributed by atoms with van der Waals surface area (Å²) in [5.41, 5.74) is 8.24. The van der Waals surface area contributed by atoms with Crippen LogP contribution in [0.15, 0.2) is 17.1 Å². The van der Waals surface area contributed by atoms with E-state index in [0.717, 1.165) is 17.8 Å². The van der Waals surface area contributed by atoms with Crippen molar-refractivity contribution in [1.29, 1.82) is 0 Å². The fourth-order valence-corrected chi connectivity index (χ4v) is 2.60. The van der Waals surface area contributed by atoms with Crippen LogP contribution in [0.4, 0.5) is 10.3 Å². The molecule has 1 aliphatic rings. The number of hydrogen-bond acceptors (Lipinski definition) is 5. The first kappa shape index (κ1) is 13.7. The first-order valence-electron chi connectivity index (χ1n) is 6.74. The number of rotatable bonds is 2. The molecule has 3 N–H and O–H groups in total. The van der Waals surface area contributed by atoms with E-state index in [0.29, 0.717) is 30.6 Å². The van der Waals surface area contributed by atoms with Crippen molar-refractivity contribution in [2.75, 3.05) is 12.3 Å². The topological polar surface area (TPSA) is 87.9 Å². The average molecular weight is 289 g/mol. The molecule has 3 heterocycles. The van der Waals surface area contributed by atoms with Gasteiger partial charge in [0.15, 0.2) is 0 Å². The van der Waals surface area contributed by atoms with Gasteiger partial charge in [-0.3, -0.25) is 14.7 Å². The largest absolute Gasteiger partial charge is 0.369 e. The van der Waals surface area contributed by atoms with Crippen molar-refractivity contribution in [3.8, 4) is 0 Å². The number of H-pyrrole nitrogens is 1. The van der Waals surface area contributed by atoms with Crippen LogP contribution in [0, 0.1) is 12.9 Å². The molecule has 3 rings (SSSR count). The summed E-state index contributed by atoms with van der Waals surface area (Å²) >= 11 is 0. The molecule has 110 valence electrons. The number of nitrogens with zero attached hydrogens (tertiary/aromatic N) is 3. The minimum absolute atomic E-state index is 0.158. The minimum Gasteiger partial charge on any atom is -0.369 e. The average Bonchev–Trinajstić information content (AvgIpc) is 2.43. The number of nitrogens with one attached hydrogen (secondary N) is 1. The number of fused-ring (bicyclic) bond motifs is 1. The SMILES string of the molecule is Cc1cc(CN2CCc3nc(N)[nH]c(=O)c3C2)cnc1F. The lowest BCUT2D eigenvalue weighted by atomic mass is 10.1. The lowest BCUT2D eigenvalue weighted by molar-refractivity contribution is 0.241. The van der Waals surface area contributed by atoms with Gasteiger partial charge >= 0.3 is 0 Å². The van der Waals surface area contributed by atoms with Crippen LogP contribution in [0.3, 0.4) is 0 Å². The summed E-state index contributed by atoms with van der Waals surface area (Å²) in [5.74, 6) is -0.288. The van der Waals surface area contributed by atoms with Crippen molar-refractivity contribution in [3.63, 3.8) is 0 Å². The third kappa shape index (κ3) is 2.78. The Morgan fingerprint density at radius 2 is 2.33 bits per heavy atom. The number of halogens is 1. The second kappa shape index (κ2) is 5.25. The number of nitrogen functional groups attached to an aromatic ring is 1. The molecule has 0 spiro atoms. The number of nitrogens with two attached hydrogens (primary N) is 1. The van der Waals surface area contributed by atoms with Crippen LogP contribution in [0.25, 0.3) is 0 Å². The Bertz CT molecular complexity index is 743. The molecule has 0 saturated carbocycles. The van der Waals surface area contributed by atoms with Gasteiger partial charge in [0.2, 0.25) is 11.9 Å². The van der Waals surface area contributed by atoms with Crippen molar-refractivity contribution >= 4 is 5.95 Å².